The number of nitrogen functional groups attached to an aromatic ring is 1. The van der Waals surface area contributed by atoms with Gasteiger partial charge in [-0.2, -0.15) is 0 Å². The van der Waals surface area contributed by atoms with Crippen molar-refractivity contribution in [2.45, 2.75) is 19.6 Å². The molecule has 1 unspecified atom stereocenters. The molecule has 1 atom stereocenters. The van der Waals surface area contributed by atoms with Gasteiger partial charge in [-0.25, -0.2) is 4.98 Å². The molecule has 16 heavy (non-hydrogen) atoms. The number of aliphatic hydroxyl groups is 2. The van der Waals surface area contributed by atoms with Crippen molar-refractivity contribution < 1.29 is 10.2 Å². The Balaban J connectivity index is 2.65. The van der Waals surface area contributed by atoms with Crippen LogP contribution in [0.15, 0.2) is 18.2 Å². The van der Waals surface area contributed by atoms with Gasteiger partial charge in [0.05, 0.1) is 17.6 Å². The van der Waals surface area contributed by atoms with Crippen LogP contribution in [0.3, 0.4) is 0 Å². The predicted octanol–water partition coefficient (Wildman–Crippen LogP) is 0.664. The fraction of sp³-hybridized carbons (Fsp3) is 0.364. The second kappa shape index (κ2) is 4.11. The summed E-state index contributed by atoms with van der Waals surface area (Å²) >= 11 is 0. The molecular formula is C11H15N3O2. The van der Waals surface area contributed by atoms with Gasteiger partial charge in [-0.3, -0.25) is 0 Å². The summed E-state index contributed by atoms with van der Waals surface area (Å²) in [4.78, 5) is 4.31. The monoisotopic (exact) mass is 221 g/mol. The van der Waals surface area contributed by atoms with Gasteiger partial charge < -0.3 is 20.5 Å². The molecule has 0 aliphatic rings. The molecule has 0 bridgehead atoms. The van der Waals surface area contributed by atoms with E-state index in [4.69, 9.17) is 10.8 Å². The number of aliphatic hydroxyl groups excluding tert-OH is 2. The SMILES string of the molecule is CC(O)c1nc2cc(N)ccc2n1CCO. The van der Waals surface area contributed by atoms with Crippen molar-refractivity contribution in [3.63, 3.8) is 0 Å². The molecule has 2 rings (SSSR count). The summed E-state index contributed by atoms with van der Waals surface area (Å²) in [5.74, 6) is 0.551. The molecule has 86 valence electrons. The molecule has 4 N–H and O–H groups in total. The summed E-state index contributed by atoms with van der Waals surface area (Å²) in [6.45, 7) is 2.08. The summed E-state index contributed by atoms with van der Waals surface area (Å²) in [5, 5.41) is 18.6. The van der Waals surface area contributed by atoms with E-state index in [1.165, 1.54) is 0 Å². The maximum absolute atomic E-state index is 9.61. The Morgan fingerprint density at radius 2 is 2.25 bits per heavy atom. The Kier molecular flexibility index (Phi) is 2.80. The maximum Gasteiger partial charge on any atom is 0.138 e. The van der Waals surface area contributed by atoms with Crippen molar-refractivity contribution in [3.05, 3.63) is 24.0 Å². The van der Waals surface area contributed by atoms with Crippen LogP contribution >= 0.6 is 0 Å². The zero-order valence-electron chi connectivity index (χ0n) is 9.09. The highest BCUT2D eigenvalue weighted by Gasteiger charge is 2.14. The molecule has 0 radical (unpaired) electrons. The third-order valence-electron chi connectivity index (χ3n) is 2.50. The van der Waals surface area contributed by atoms with Crippen LogP contribution in [0.25, 0.3) is 11.0 Å². The fourth-order valence-corrected chi connectivity index (χ4v) is 1.82. The molecule has 0 aliphatic carbocycles. The normalized spacial score (nSPS) is 13.2. The lowest BCUT2D eigenvalue weighted by Crippen LogP contribution is -2.09. The smallest absolute Gasteiger partial charge is 0.138 e. The van der Waals surface area contributed by atoms with Crippen LogP contribution in [-0.2, 0) is 6.54 Å². The number of imidazole rings is 1. The summed E-state index contributed by atoms with van der Waals surface area (Å²) < 4.78 is 1.80. The van der Waals surface area contributed by atoms with E-state index in [0.29, 0.717) is 18.1 Å². The van der Waals surface area contributed by atoms with Crippen molar-refractivity contribution in [1.29, 1.82) is 0 Å². The van der Waals surface area contributed by atoms with Crippen LogP contribution in [0.1, 0.15) is 18.9 Å². The number of anilines is 1. The van der Waals surface area contributed by atoms with E-state index in [9.17, 15) is 5.11 Å². The van der Waals surface area contributed by atoms with Gasteiger partial charge in [-0.1, -0.05) is 0 Å². The zero-order valence-corrected chi connectivity index (χ0v) is 9.09. The molecule has 1 heterocycles. The summed E-state index contributed by atoms with van der Waals surface area (Å²) in [7, 11) is 0. The second-order valence-electron chi connectivity index (χ2n) is 3.77. The van der Waals surface area contributed by atoms with E-state index >= 15 is 0 Å². The van der Waals surface area contributed by atoms with E-state index in [1.54, 1.807) is 23.6 Å². The van der Waals surface area contributed by atoms with Gasteiger partial charge in [0.2, 0.25) is 0 Å². The standard InChI is InChI=1S/C11H15N3O2/c1-7(16)11-13-9-6-8(12)2-3-10(9)14(11)4-5-15/h2-3,6-7,15-16H,4-5,12H2,1H3. The molecule has 0 saturated heterocycles. The number of aromatic nitrogens is 2. The van der Waals surface area contributed by atoms with Gasteiger partial charge in [-0.15, -0.1) is 0 Å². The minimum Gasteiger partial charge on any atom is -0.399 e. The van der Waals surface area contributed by atoms with Gasteiger partial charge in [0.15, 0.2) is 0 Å². The number of hydrogen-bond acceptors (Lipinski definition) is 4. The van der Waals surface area contributed by atoms with Crippen LogP contribution < -0.4 is 5.73 Å². The average molecular weight is 221 g/mol. The Morgan fingerprint density at radius 1 is 1.50 bits per heavy atom. The highest BCUT2D eigenvalue weighted by molar-refractivity contribution is 5.79. The molecule has 1 aromatic carbocycles. The predicted molar refractivity (Wildman–Crippen MR) is 61.9 cm³/mol. The van der Waals surface area contributed by atoms with Crippen molar-refractivity contribution in [2.24, 2.45) is 0 Å². The first kappa shape index (κ1) is 10.9. The first-order valence-corrected chi connectivity index (χ1v) is 5.18. The van der Waals surface area contributed by atoms with Gasteiger partial charge in [0, 0.05) is 12.2 Å². The number of rotatable bonds is 3. The molecule has 2 aromatic rings. The number of nitrogens with zero attached hydrogens (tertiary/aromatic N) is 2. The Bertz CT molecular complexity index is 505. The molecule has 0 fully saturated rings. The van der Waals surface area contributed by atoms with E-state index < -0.39 is 6.10 Å². The zero-order chi connectivity index (χ0) is 11.7. The van der Waals surface area contributed by atoms with Gasteiger partial charge in [0.1, 0.15) is 11.9 Å². The largest absolute Gasteiger partial charge is 0.399 e. The summed E-state index contributed by atoms with van der Waals surface area (Å²) in [5.41, 5.74) is 7.92. The van der Waals surface area contributed by atoms with Gasteiger partial charge in [0.25, 0.3) is 0 Å². The highest BCUT2D eigenvalue weighted by Crippen LogP contribution is 2.22. The van der Waals surface area contributed by atoms with Crippen LogP contribution in [0.5, 0.6) is 0 Å². The van der Waals surface area contributed by atoms with Crippen LogP contribution in [0.2, 0.25) is 0 Å². The van der Waals surface area contributed by atoms with Crippen LogP contribution in [0.4, 0.5) is 5.69 Å². The summed E-state index contributed by atoms with van der Waals surface area (Å²) in [6, 6.07) is 5.39. The van der Waals surface area contributed by atoms with Crippen LogP contribution in [-0.4, -0.2) is 26.4 Å². The Labute approximate surface area is 93.1 Å². The highest BCUT2D eigenvalue weighted by atomic mass is 16.3. The fourth-order valence-electron chi connectivity index (χ4n) is 1.82. The number of fused-ring (bicyclic) bond motifs is 1. The molecule has 0 aliphatic heterocycles. The first-order chi connectivity index (χ1) is 7.63. The van der Waals surface area contributed by atoms with E-state index in [2.05, 4.69) is 4.98 Å². The lowest BCUT2D eigenvalue weighted by Gasteiger charge is -2.08. The van der Waals surface area contributed by atoms with Gasteiger partial charge >= 0.3 is 0 Å². The Morgan fingerprint density at radius 3 is 2.88 bits per heavy atom. The molecule has 5 nitrogen and oxygen atoms in total. The number of nitrogens with two attached hydrogens (primary N) is 1. The third kappa shape index (κ3) is 1.75. The lowest BCUT2D eigenvalue weighted by molar-refractivity contribution is 0.180. The van der Waals surface area contributed by atoms with E-state index in [-0.39, 0.29) is 6.61 Å². The molecule has 0 saturated carbocycles. The first-order valence-electron chi connectivity index (χ1n) is 5.18. The molecule has 0 spiro atoms. The number of hydrogen-bond donors (Lipinski definition) is 3. The topological polar surface area (TPSA) is 84.3 Å². The molecule has 0 amide bonds. The summed E-state index contributed by atoms with van der Waals surface area (Å²) in [6.07, 6.45) is -0.667. The van der Waals surface area contributed by atoms with Crippen molar-refractivity contribution in [1.82, 2.24) is 9.55 Å². The molecular weight excluding hydrogens is 206 g/mol. The minimum atomic E-state index is -0.667. The number of benzene rings is 1. The minimum absolute atomic E-state index is 0.00948. The second-order valence-corrected chi connectivity index (χ2v) is 3.77. The quantitative estimate of drug-likeness (QED) is 0.665. The van der Waals surface area contributed by atoms with Gasteiger partial charge in [-0.05, 0) is 25.1 Å². The van der Waals surface area contributed by atoms with Crippen molar-refractivity contribution in [2.75, 3.05) is 12.3 Å². The van der Waals surface area contributed by atoms with Crippen molar-refractivity contribution >= 4 is 16.7 Å². The van der Waals surface area contributed by atoms with E-state index in [0.717, 1.165) is 11.0 Å². The third-order valence-corrected chi connectivity index (χ3v) is 2.50. The lowest BCUT2D eigenvalue weighted by atomic mass is 10.3. The van der Waals surface area contributed by atoms with Crippen LogP contribution in [0, 0.1) is 0 Å². The maximum atomic E-state index is 9.61. The molecule has 1 aromatic heterocycles. The molecule has 5 heteroatoms. The van der Waals surface area contributed by atoms with E-state index in [1.807, 2.05) is 6.07 Å². The average Bonchev–Trinajstić information content (AvgIpc) is 2.57. The van der Waals surface area contributed by atoms with Crippen molar-refractivity contribution in [3.8, 4) is 0 Å². The Hall–Kier alpha value is -1.59.